The Morgan fingerprint density at radius 1 is 1.65 bits per heavy atom. The van der Waals surface area contributed by atoms with Crippen LogP contribution in [0.3, 0.4) is 0 Å². The Morgan fingerprint density at radius 2 is 2.29 bits per heavy atom. The van der Waals surface area contributed by atoms with E-state index in [2.05, 4.69) is 9.46 Å². The molecule has 17 heavy (non-hydrogen) atoms. The van der Waals surface area contributed by atoms with Crippen molar-refractivity contribution in [3.05, 3.63) is 39.2 Å². The normalized spacial score (nSPS) is 15.9. The first-order chi connectivity index (χ1) is 7.89. The molecular formula is C9H12ClN3O3S. The van der Waals surface area contributed by atoms with Crippen molar-refractivity contribution in [2.45, 2.75) is 19.1 Å². The maximum atomic E-state index is 12.3. The number of nitrogens with zero attached hydrogens (tertiary/aromatic N) is 3. The van der Waals surface area contributed by atoms with E-state index in [1.165, 1.54) is 6.20 Å². The fourth-order valence-electron chi connectivity index (χ4n) is 1.33. The fraction of sp³-hybridized carbons (Fsp3) is 0.444. The highest BCUT2D eigenvalue weighted by Gasteiger charge is 2.23. The molecule has 1 heterocycles. The summed E-state index contributed by atoms with van der Waals surface area (Å²) in [6, 6.07) is 3.19. The standard InChI is InChI=1S/C9H12ClN3O3S/c1-3-17(16,12-13(14)15)7(2)8-4-5-9(10)11-6-8/h4-7H,3H2,1-2H3/t7-,17+/m1/s1. The van der Waals surface area contributed by atoms with Crippen molar-refractivity contribution in [3.63, 3.8) is 0 Å². The third-order valence-electron chi connectivity index (χ3n) is 2.39. The van der Waals surface area contributed by atoms with E-state index in [1.807, 2.05) is 0 Å². The van der Waals surface area contributed by atoms with Crippen LogP contribution in [0, 0.1) is 10.1 Å². The predicted molar refractivity (Wildman–Crippen MR) is 65.8 cm³/mol. The predicted octanol–water partition coefficient (Wildman–Crippen LogP) is 2.48. The van der Waals surface area contributed by atoms with Crippen LogP contribution in [0.4, 0.5) is 0 Å². The number of aromatic nitrogens is 1. The maximum Gasteiger partial charge on any atom is 0.199 e. The average molecular weight is 278 g/mol. The van der Waals surface area contributed by atoms with Crippen molar-refractivity contribution in [1.82, 2.24) is 4.98 Å². The van der Waals surface area contributed by atoms with E-state index in [1.54, 1.807) is 26.0 Å². The zero-order valence-corrected chi connectivity index (χ0v) is 10.9. The van der Waals surface area contributed by atoms with Crippen LogP contribution in [0.1, 0.15) is 24.7 Å². The van der Waals surface area contributed by atoms with E-state index in [4.69, 9.17) is 11.6 Å². The van der Waals surface area contributed by atoms with Crippen molar-refractivity contribution in [2.75, 3.05) is 5.75 Å². The fourth-order valence-corrected chi connectivity index (χ4v) is 2.99. The molecule has 1 aromatic heterocycles. The molecule has 0 N–H and O–H groups in total. The van der Waals surface area contributed by atoms with Gasteiger partial charge >= 0.3 is 0 Å². The van der Waals surface area contributed by atoms with Gasteiger partial charge in [-0.1, -0.05) is 24.6 Å². The van der Waals surface area contributed by atoms with Gasteiger partial charge in [0.25, 0.3) is 0 Å². The van der Waals surface area contributed by atoms with Gasteiger partial charge in [-0.05, 0) is 18.6 Å². The van der Waals surface area contributed by atoms with Crippen LogP contribution >= 0.6 is 11.6 Å². The van der Waals surface area contributed by atoms with E-state index in [0.717, 1.165) is 0 Å². The van der Waals surface area contributed by atoms with E-state index in [0.29, 0.717) is 10.7 Å². The largest absolute Gasteiger partial charge is 0.244 e. The van der Waals surface area contributed by atoms with Gasteiger partial charge in [0.05, 0.1) is 5.25 Å². The maximum absolute atomic E-state index is 12.3. The van der Waals surface area contributed by atoms with Crippen molar-refractivity contribution >= 4 is 21.3 Å². The third-order valence-corrected chi connectivity index (χ3v) is 5.23. The van der Waals surface area contributed by atoms with E-state index in [-0.39, 0.29) is 5.75 Å². The van der Waals surface area contributed by atoms with Crippen LogP contribution in [-0.2, 0) is 9.73 Å². The molecule has 2 atom stereocenters. The summed E-state index contributed by atoms with van der Waals surface area (Å²) in [7, 11) is -2.93. The van der Waals surface area contributed by atoms with E-state index in [9.17, 15) is 14.3 Å². The van der Waals surface area contributed by atoms with Crippen LogP contribution < -0.4 is 0 Å². The minimum Gasteiger partial charge on any atom is -0.244 e. The summed E-state index contributed by atoms with van der Waals surface area (Å²) < 4.78 is 15.4. The summed E-state index contributed by atoms with van der Waals surface area (Å²) in [4.78, 5) is 14.2. The lowest BCUT2D eigenvalue weighted by Gasteiger charge is -2.13. The summed E-state index contributed by atoms with van der Waals surface area (Å²) >= 11 is 5.63. The molecule has 1 aromatic rings. The molecule has 0 radical (unpaired) electrons. The number of nitro groups is 1. The Kier molecular flexibility index (Phi) is 4.41. The molecule has 0 saturated heterocycles. The van der Waals surface area contributed by atoms with Crippen molar-refractivity contribution in [3.8, 4) is 0 Å². The first-order valence-electron chi connectivity index (χ1n) is 4.88. The lowest BCUT2D eigenvalue weighted by atomic mass is 10.2. The average Bonchev–Trinajstić information content (AvgIpc) is 2.28. The van der Waals surface area contributed by atoms with E-state index >= 15 is 0 Å². The molecule has 0 aliphatic rings. The van der Waals surface area contributed by atoms with Gasteiger partial charge in [-0.3, -0.25) is 0 Å². The molecule has 0 fully saturated rings. The second kappa shape index (κ2) is 5.42. The lowest BCUT2D eigenvalue weighted by molar-refractivity contribution is -0.482. The minimum absolute atomic E-state index is 0.109. The Morgan fingerprint density at radius 3 is 2.71 bits per heavy atom. The Labute approximate surface area is 104 Å². The molecule has 6 nitrogen and oxygen atoms in total. The first kappa shape index (κ1) is 13.9. The molecule has 94 valence electrons. The second-order valence-corrected chi connectivity index (χ2v) is 6.57. The Balaban J connectivity index is 3.19. The molecule has 0 amide bonds. The van der Waals surface area contributed by atoms with Crippen molar-refractivity contribution in [2.24, 2.45) is 4.47 Å². The molecule has 0 aliphatic heterocycles. The van der Waals surface area contributed by atoms with Crippen LogP contribution in [-0.4, -0.2) is 20.0 Å². The van der Waals surface area contributed by atoms with Crippen LogP contribution in [0.25, 0.3) is 0 Å². The van der Waals surface area contributed by atoms with Gasteiger partial charge in [0, 0.05) is 11.9 Å². The molecule has 0 saturated carbocycles. The topological polar surface area (TPSA) is 85.5 Å². The summed E-state index contributed by atoms with van der Waals surface area (Å²) in [6.45, 7) is 3.24. The van der Waals surface area contributed by atoms with Crippen molar-refractivity contribution in [1.29, 1.82) is 0 Å². The minimum atomic E-state index is -2.93. The second-order valence-electron chi connectivity index (χ2n) is 3.35. The SMILES string of the molecule is CC[S@@](=O)(=N[N+](=O)[O-])[C@H](C)c1ccc(Cl)nc1. The van der Waals surface area contributed by atoms with Crippen LogP contribution in [0.15, 0.2) is 22.8 Å². The number of hydrogen-bond acceptors (Lipinski definition) is 4. The molecular weight excluding hydrogens is 266 g/mol. The van der Waals surface area contributed by atoms with Gasteiger partial charge in [-0.2, -0.15) is 0 Å². The highest BCUT2D eigenvalue weighted by atomic mass is 35.5. The zero-order chi connectivity index (χ0) is 13.1. The number of rotatable bonds is 4. The van der Waals surface area contributed by atoms with E-state index < -0.39 is 20.0 Å². The smallest absolute Gasteiger partial charge is 0.199 e. The third kappa shape index (κ3) is 3.37. The summed E-state index contributed by atoms with van der Waals surface area (Å²) in [5.41, 5.74) is 0.617. The number of hydrogen-bond donors (Lipinski definition) is 0. The molecule has 8 heteroatoms. The molecule has 1 rings (SSSR count). The lowest BCUT2D eigenvalue weighted by Crippen LogP contribution is -2.14. The Hall–Kier alpha value is -1.21. The number of pyridine rings is 1. The van der Waals surface area contributed by atoms with Crippen LogP contribution in [0.5, 0.6) is 0 Å². The highest BCUT2D eigenvalue weighted by Crippen LogP contribution is 2.24. The van der Waals surface area contributed by atoms with Crippen LogP contribution in [0.2, 0.25) is 5.15 Å². The summed E-state index contributed by atoms with van der Waals surface area (Å²) in [5, 5.41) is 9.24. The summed E-state index contributed by atoms with van der Waals surface area (Å²) in [5.74, 6) is 0.109. The van der Waals surface area contributed by atoms with Gasteiger partial charge in [0.2, 0.25) is 0 Å². The van der Waals surface area contributed by atoms with Gasteiger partial charge in [-0.15, -0.1) is 0 Å². The zero-order valence-electron chi connectivity index (χ0n) is 9.37. The first-order valence-corrected chi connectivity index (χ1v) is 7.01. The molecule has 0 spiro atoms. The Bertz CT molecular complexity index is 523. The molecule has 0 aliphatic carbocycles. The van der Waals surface area contributed by atoms with Crippen molar-refractivity contribution < 1.29 is 9.24 Å². The summed E-state index contributed by atoms with van der Waals surface area (Å²) in [6.07, 6.45) is 1.46. The van der Waals surface area contributed by atoms with Gasteiger partial charge in [0.1, 0.15) is 19.4 Å². The highest BCUT2D eigenvalue weighted by molar-refractivity contribution is 7.93. The van der Waals surface area contributed by atoms with Gasteiger partial charge in [-0.25, -0.2) is 19.3 Å². The monoisotopic (exact) mass is 277 g/mol. The quantitative estimate of drug-likeness (QED) is 0.481. The molecule has 0 bridgehead atoms. The molecule has 0 aromatic carbocycles. The van der Waals surface area contributed by atoms with Gasteiger partial charge in [0.15, 0.2) is 5.03 Å². The molecule has 0 unspecified atom stereocenters. The number of halogens is 1. The van der Waals surface area contributed by atoms with Gasteiger partial charge < -0.3 is 0 Å².